The third kappa shape index (κ3) is 2.54. The molecule has 126 valence electrons. The van der Waals surface area contributed by atoms with Crippen LogP contribution >= 0.6 is 34.3 Å². The van der Waals surface area contributed by atoms with Crippen molar-refractivity contribution in [2.45, 2.75) is 0 Å². The van der Waals surface area contributed by atoms with Crippen molar-refractivity contribution in [3.8, 4) is 0 Å². The van der Waals surface area contributed by atoms with Crippen LogP contribution in [0.25, 0.3) is 31.2 Å². The molecule has 5 rings (SSSR count). The van der Waals surface area contributed by atoms with Crippen molar-refractivity contribution >= 4 is 76.5 Å². The van der Waals surface area contributed by atoms with Gasteiger partial charge in [-0.2, -0.15) is 0 Å². The first kappa shape index (κ1) is 15.7. The van der Waals surface area contributed by atoms with Crippen LogP contribution in [0.4, 0.5) is 5.13 Å². The van der Waals surface area contributed by atoms with Crippen LogP contribution < -0.4 is 5.32 Å². The zero-order valence-corrected chi connectivity index (χ0v) is 15.6. The normalized spacial score (nSPS) is 11.4. The fourth-order valence-electron chi connectivity index (χ4n) is 2.87. The predicted octanol–water partition coefficient (Wildman–Crippen LogP) is 5.96. The molecule has 4 nitrogen and oxygen atoms in total. The summed E-state index contributed by atoms with van der Waals surface area (Å²) in [7, 11) is 0. The molecule has 0 spiro atoms. The van der Waals surface area contributed by atoms with Gasteiger partial charge in [-0.05, 0) is 24.3 Å². The third-order valence-electron chi connectivity index (χ3n) is 4.06. The minimum Gasteiger partial charge on any atom is -0.297 e. The molecule has 2 aromatic carbocycles. The number of fused-ring (bicyclic) bond motifs is 4. The average molecular weight is 396 g/mol. The molecular weight excluding hydrogens is 386 g/mol. The second kappa shape index (κ2) is 6.02. The lowest BCUT2D eigenvalue weighted by Gasteiger charge is -1.99. The van der Waals surface area contributed by atoms with E-state index >= 15 is 0 Å². The maximum atomic E-state index is 12.7. The molecule has 0 aliphatic carbocycles. The highest BCUT2D eigenvalue weighted by atomic mass is 35.5. The first-order valence-electron chi connectivity index (χ1n) is 7.84. The van der Waals surface area contributed by atoms with Gasteiger partial charge in [0.1, 0.15) is 5.15 Å². The monoisotopic (exact) mass is 395 g/mol. The zero-order chi connectivity index (χ0) is 17.7. The summed E-state index contributed by atoms with van der Waals surface area (Å²) in [5.41, 5.74) is 1.70. The molecule has 0 radical (unpaired) electrons. The number of nitrogens with one attached hydrogen (secondary N) is 1. The van der Waals surface area contributed by atoms with E-state index in [4.69, 9.17) is 11.6 Å². The standard InChI is InChI=1S/C19H10ClN3OS2/c20-17-11-9-15(25-16(11)10-5-1-2-6-12(10)21-17)18(24)23-19-22-13-7-3-4-8-14(13)26-19/h1-9H,(H,22,23,24). The van der Waals surface area contributed by atoms with Crippen molar-refractivity contribution in [2.24, 2.45) is 0 Å². The Morgan fingerprint density at radius 3 is 2.54 bits per heavy atom. The van der Waals surface area contributed by atoms with Crippen molar-refractivity contribution in [1.29, 1.82) is 0 Å². The van der Waals surface area contributed by atoms with Crippen molar-refractivity contribution < 1.29 is 4.79 Å². The van der Waals surface area contributed by atoms with Gasteiger partial charge in [0, 0.05) is 15.5 Å². The van der Waals surface area contributed by atoms with Gasteiger partial charge in [0.15, 0.2) is 5.13 Å². The molecule has 5 aromatic rings. The van der Waals surface area contributed by atoms with Gasteiger partial charge < -0.3 is 0 Å². The Morgan fingerprint density at radius 2 is 1.69 bits per heavy atom. The van der Waals surface area contributed by atoms with Gasteiger partial charge in [-0.15, -0.1) is 11.3 Å². The molecule has 0 bridgehead atoms. The van der Waals surface area contributed by atoms with Crippen molar-refractivity contribution in [2.75, 3.05) is 5.32 Å². The zero-order valence-electron chi connectivity index (χ0n) is 13.2. The van der Waals surface area contributed by atoms with E-state index in [2.05, 4.69) is 15.3 Å². The number of benzene rings is 2. The molecule has 0 aliphatic heterocycles. The fraction of sp³-hybridized carbons (Fsp3) is 0. The Bertz CT molecular complexity index is 1280. The van der Waals surface area contributed by atoms with Gasteiger partial charge in [-0.3, -0.25) is 10.1 Å². The van der Waals surface area contributed by atoms with E-state index in [-0.39, 0.29) is 5.91 Å². The fourth-order valence-corrected chi connectivity index (χ4v) is 5.12. The van der Waals surface area contributed by atoms with E-state index < -0.39 is 0 Å². The van der Waals surface area contributed by atoms with Gasteiger partial charge in [0.25, 0.3) is 5.91 Å². The number of thiazole rings is 1. The van der Waals surface area contributed by atoms with Crippen LogP contribution in [0.3, 0.4) is 0 Å². The number of halogens is 1. The Balaban J connectivity index is 1.56. The van der Waals surface area contributed by atoms with Gasteiger partial charge in [0.05, 0.1) is 20.6 Å². The van der Waals surface area contributed by atoms with Gasteiger partial charge in [0.2, 0.25) is 0 Å². The van der Waals surface area contributed by atoms with Crippen LogP contribution in [-0.4, -0.2) is 15.9 Å². The predicted molar refractivity (Wildman–Crippen MR) is 110 cm³/mol. The number of anilines is 1. The lowest BCUT2D eigenvalue weighted by molar-refractivity contribution is 0.103. The summed E-state index contributed by atoms with van der Waals surface area (Å²) in [5, 5.41) is 5.68. The Morgan fingerprint density at radius 1 is 0.923 bits per heavy atom. The first-order chi connectivity index (χ1) is 12.7. The van der Waals surface area contributed by atoms with Crippen LogP contribution in [0.15, 0.2) is 54.6 Å². The van der Waals surface area contributed by atoms with Crippen LogP contribution in [0.5, 0.6) is 0 Å². The Hall–Kier alpha value is -2.54. The van der Waals surface area contributed by atoms with E-state index in [1.54, 1.807) is 6.07 Å². The second-order valence-corrected chi connectivity index (χ2v) is 8.15. The lowest BCUT2D eigenvalue weighted by Crippen LogP contribution is -2.09. The minimum atomic E-state index is -0.189. The number of rotatable bonds is 2. The topological polar surface area (TPSA) is 54.9 Å². The number of aromatic nitrogens is 2. The molecule has 0 saturated carbocycles. The number of pyridine rings is 1. The summed E-state index contributed by atoms with van der Waals surface area (Å²) in [5.74, 6) is -0.189. The quantitative estimate of drug-likeness (QED) is 0.375. The Kier molecular flexibility index (Phi) is 3.63. The van der Waals surface area contributed by atoms with E-state index in [0.717, 1.165) is 31.2 Å². The molecule has 7 heteroatoms. The molecule has 1 N–H and O–H groups in total. The summed E-state index contributed by atoms with van der Waals surface area (Å²) < 4.78 is 2.01. The second-order valence-electron chi connectivity index (χ2n) is 5.71. The number of carbonyl (C=O) groups excluding carboxylic acids is 1. The highest BCUT2D eigenvalue weighted by Gasteiger charge is 2.16. The number of nitrogens with zero attached hydrogens (tertiary/aromatic N) is 2. The van der Waals surface area contributed by atoms with Gasteiger partial charge >= 0.3 is 0 Å². The van der Waals surface area contributed by atoms with Crippen LogP contribution in [0.1, 0.15) is 9.67 Å². The molecule has 0 aliphatic rings. The lowest BCUT2D eigenvalue weighted by atomic mass is 10.2. The van der Waals surface area contributed by atoms with E-state index in [1.807, 2.05) is 48.5 Å². The summed E-state index contributed by atoms with van der Waals surface area (Å²) in [6.07, 6.45) is 0. The average Bonchev–Trinajstić information content (AvgIpc) is 3.26. The van der Waals surface area contributed by atoms with Gasteiger partial charge in [-0.1, -0.05) is 53.3 Å². The maximum Gasteiger partial charge on any atom is 0.267 e. The molecular formula is C19H10ClN3OS2. The molecule has 3 aromatic heterocycles. The molecule has 26 heavy (non-hydrogen) atoms. The van der Waals surface area contributed by atoms with E-state index in [1.165, 1.54) is 22.7 Å². The molecule has 3 heterocycles. The van der Waals surface area contributed by atoms with E-state index in [9.17, 15) is 4.79 Å². The molecule has 0 saturated heterocycles. The van der Waals surface area contributed by atoms with Crippen molar-refractivity contribution in [1.82, 2.24) is 9.97 Å². The SMILES string of the molecule is O=C(Nc1nc2ccccc2s1)c1cc2c(Cl)nc3ccccc3c2s1. The van der Waals surface area contributed by atoms with Crippen molar-refractivity contribution in [3.63, 3.8) is 0 Å². The highest BCUT2D eigenvalue weighted by Crippen LogP contribution is 2.36. The van der Waals surface area contributed by atoms with Crippen LogP contribution in [0, 0.1) is 0 Å². The van der Waals surface area contributed by atoms with E-state index in [0.29, 0.717) is 15.2 Å². The number of carbonyl (C=O) groups is 1. The number of thiophene rings is 1. The summed E-state index contributed by atoms with van der Waals surface area (Å²) in [6.45, 7) is 0. The number of hydrogen-bond acceptors (Lipinski definition) is 5. The van der Waals surface area contributed by atoms with Crippen molar-refractivity contribution in [3.05, 3.63) is 64.6 Å². The summed E-state index contributed by atoms with van der Waals surface area (Å²) in [4.78, 5) is 22.2. The maximum absolute atomic E-state index is 12.7. The first-order valence-corrected chi connectivity index (χ1v) is 9.85. The summed E-state index contributed by atoms with van der Waals surface area (Å²) in [6, 6.07) is 17.4. The highest BCUT2D eigenvalue weighted by molar-refractivity contribution is 7.23. The third-order valence-corrected chi connectivity index (χ3v) is 6.47. The van der Waals surface area contributed by atoms with Crippen LogP contribution in [-0.2, 0) is 0 Å². The minimum absolute atomic E-state index is 0.189. The summed E-state index contributed by atoms with van der Waals surface area (Å²) >= 11 is 9.19. The largest absolute Gasteiger partial charge is 0.297 e. The number of para-hydroxylation sites is 2. The molecule has 0 unspecified atom stereocenters. The molecule has 1 amide bonds. The molecule has 0 atom stereocenters. The smallest absolute Gasteiger partial charge is 0.267 e. The van der Waals surface area contributed by atoms with Crippen LogP contribution in [0.2, 0.25) is 5.15 Å². The number of amides is 1. The molecule has 0 fully saturated rings. The number of hydrogen-bond donors (Lipinski definition) is 1. The van der Waals surface area contributed by atoms with Gasteiger partial charge in [-0.25, -0.2) is 9.97 Å². The Labute approximate surface area is 161 Å².